The molecule has 0 aliphatic heterocycles. The number of anilines is 3. The van der Waals surface area contributed by atoms with Gasteiger partial charge in [0.25, 0.3) is 0 Å². The van der Waals surface area contributed by atoms with Gasteiger partial charge in [-0.3, -0.25) is 4.79 Å². The number of benzene rings is 1. The molecular formula is C25H36N4O2. The summed E-state index contributed by atoms with van der Waals surface area (Å²) in [4.78, 5) is 20.5. The molecule has 6 nitrogen and oxygen atoms in total. The zero-order chi connectivity index (χ0) is 22.4. The summed E-state index contributed by atoms with van der Waals surface area (Å²) in [5.74, 6) is 0.0734. The normalized spacial score (nSPS) is 15.6. The van der Waals surface area contributed by atoms with Crippen LogP contribution in [0.2, 0.25) is 0 Å². The summed E-state index contributed by atoms with van der Waals surface area (Å²) in [5, 5.41) is 12.9. The van der Waals surface area contributed by atoms with Gasteiger partial charge < -0.3 is 16.2 Å². The molecule has 0 saturated heterocycles. The number of carboxylic acids is 1. The quantitative estimate of drug-likeness (QED) is 0.430. The van der Waals surface area contributed by atoms with E-state index in [1.807, 2.05) is 19.3 Å². The minimum absolute atomic E-state index is 0.0771. The first-order valence-electron chi connectivity index (χ1n) is 11.7. The molecule has 1 unspecified atom stereocenters. The van der Waals surface area contributed by atoms with E-state index in [0.29, 0.717) is 17.6 Å². The summed E-state index contributed by atoms with van der Waals surface area (Å²) in [6, 6.07) is 2.17. The molecule has 31 heavy (non-hydrogen) atoms. The zero-order valence-electron chi connectivity index (χ0n) is 19.1. The SMILES string of the molecule is CCc1cnc(Nc2c(N)c(C(CC)CC(=O)O)cc(CC)c2C2CCCCC2)nc1. The highest BCUT2D eigenvalue weighted by Crippen LogP contribution is 2.45. The van der Waals surface area contributed by atoms with Gasteiger partial charge in [0.1, 0.15) is 0 Å². The highest BCUT2D eigenvalue weighted by atomic mass is 16.4. The maximum Gasteiger partial charge on any atom is 0.303 e. The number of hydrogen-bond acceptors (Lipinski definition) is 5. The molecule has 0 amide bonds. The predicted molar refractivity (Wildman–Crippen MR) is 126 cm³/mol. The molecule has 2 aromatic rings. The minimum Gasteiger partial charge on any atom is -0.481 e. The van der Waals surface area contributed by atoms with Crippen LogP contribution in [0.3, 0.4) is 0 Å². The van der Waals surface area contributed by atoms with Gasteiger partial charge in [0, 0.05) is 12.4 Å². The Balaban J connectivity index is 2.13. The average molecular weight is 425 g/mol. The second kappa shape index (κ2) is 10.6. The van der Waals surface area contributed by atoms with Gasteiger partial charge in [-0.25, -0.2) is 9.97 Å². The van der Waals surface area contributed by atoms with E-state index in [2.05, 4.69) is 35.2 Å². The third-order valence-electron chi connectivity index (χ3n) is 6.62. The molecule has 1 atom stereocenters. The van der Waals surface area contributed by atoms with Crippen molar-refractivity contribution in [1.29, 1.82) is 0 Å². The Morgan fingerprint density at radius 1 is 1.16 bits per heavy atom. The maximum absolute atomic E-state index is 11.5. The number of aryl methyl sites for hydroxylation is 2. The molecule has 1 aromatic carbocycles. The van der Waals surface area contributed by atoms with Crippen LogP contribution in [0.25, 0.3) is 0 Å². The lowest BCUT2D eigenvalue weighted by Crippen LogP contribution is -2.16. The van der Waals surface area contributed by atoms with Crippen LogP contribution in [0.1, 0.15) is 99.8 Å². The van der Waals surface area contributed by atoms with Crippen LogP contribution in [0.5, 0.6) is 0 Å². The van der Waals surface area contributed by atoms with Gasteiger partial charge in [-0.2, -0.15) is 0 Å². The van der Waals surface area contributed by atoms with Crippen LogP contribution in [0.15, 0.2) is 18.5 Å². The fourth-order valence-corrected chi connectivity index (χ4v) is 4.81. The number of nitrogens with one attached hydrogen (secondary N) is 1. The Labute approximate surface area is 185 Å². The molecule has 0 spiro atoms. The van der Waals surface area contributed by atoms with Crippen molar-refractivity contribution >= 4 is 23.3 Å². The fraction of sp³-hybridized carbons (Fsp3) is 0.560. The van der Waals surface area contributed by atoms with Crippen LogP contribution in [-0.4, -0.2) is 21.0 Å². The van der Waals surface area contributed by atoms with Gasteiger partial charge in [-0.15, -0.1) is 0 Å². The van der Waals surface area contributed by atoms with Crippen molar-refractivity contribution in [2.24, 2.45) is 0 Å². The monoisotopic (exact) mass is 424 g/mol. The lowest BCUT2D eigenvalue weighted by Gasteiger charge is -2.30. The van der Waals surface area contributed by atoms with Crippen molar-refractivity contribution in [3.05, 3.63) is 40.7 Å². The smallest absolute Gasteiger partial charge is 0.303 e. The molecule has 1 aliphatic carbocycles. The zero-order valence-corrected chi connectivity index (χ0v) is 19.1. The second-order valence-corrected chi connectivity index (χ2v) is 8.61. The molecule has 6 heteroatoms. The third-order valence-corrected chi connectivity index (χ3v) is 6.62. The van der Waals surface area contributed by atoms with Gasteiger partial charge in [0.05, 0.1) is 17.8 Å². The van der Waals surface area contributed by atoms with Crippen molar-refractivity contribution in [1.82, 2.24) is 9.97 Å². The van der Waals surface area contributed by atoms with Crippen LogP contribution in [-0.2, 0) is 17.6 Å². The van der Waals surface area contributed by atoms with Crippen molar-refractivity contribution < 1.29 is 9.90 Å². The van der Waals surface area contributed by atoms with E-state index in [-0.39, 0.29) is 12.3 Å². The Kier molecular flexibility index (Phi) is 7.88. The van der Waals surface area contributed by atoms with Crippen molar-refractivity contribution in [2.45, 2.75) is 90.4 Å². The highest BCUT2D eigenvalue weighted by molar-refractivity contribution is 5.80. The summed E-state index contributed by atoms with van der Waals surface area (Å²) < 4.78 is 0. The van der Waals surface area contributed by atoms with E-state index in [1.165, 1.54) is 30.4 Å². The molecule has 1 fully saturated rings. The molecule has 1 heterocycles. The summed E-state index contributed by atoms with van der Waals surface area (Å²) in [5.41, 5.74) is 12.8. The van der Waals surface area contributed by atoms with Gasteiger partial charge in [-0.05, 0) is 66.2 Å². The number of nitrogens with zero attached hydrogens (tertiary/aromatic N) is 2. The van der Waals surface area contributed by atoms with Crippen molar-refractivity contribution in [3.8, 4) is 0 Å². The number of carbonyl (C=O) groups is 1. The molecule has 4 N–H and O–H groups in total. The number of nitrogen functional groups attached to an aromatic ring is 1. The first kappa shape index (κ1) is 23.0. The van der Waals surface area contributed by atoms with E-state index in [1.54, 1.807) is 0 Å². The van der Waals surface area contributed by atoms with E-state index in [9.17, 15) is 9.90 Å². The first-order chi connectivity index (χ1) is 15.0. The maximum atomic E-state index is 11.5. The Hall–Kier alpha value is -2.63. The van der Waals surface area contributed by atoms with Crippen molar-refractivity contribution in [3.63, 3.8) is 0 Å². The van der Waals surface area contributed by atoms with E-state index in [4.69, 9.17) is 5.73 Å². The minimum atomic E-state index is -0.798. The first-order valence-corrected chi connectivity index (χ1v) is 11.7. The highest BCUT2D eigenvalue weighted by Gasteiger charge is 2.27. The molecule has 3 rings (SSSR count). The Bertz CT molecular complexity index is 889. The third kappa shape index (κ3) is 5.35. The van der Waals surface area contributed by atoms with Gasteiger partial charge in [0.15, 0.2) is 0 Å². The molecule has 1 aliphatic rings. The molecule has 168 valence electrons. The largest absolute Gasteiger partial charge is 0.481 e. The van der Waals surface area contributed by atoms with Crippen LogP contribution >= 0.6 is 0 Å². The number of nitrogens with two attached hydrogens (primary N) is 1. The number of rotatable bonds is 9. The molecular weight excluding hydrogens is 388 g/mol. The predicted octanol–water partition coefficient (Wildman–Crippen LogP) is 5.94. The number of carboxylic acid groups (broad SMARTS) is 1. The topological polar surface area (TPSA) is 101 Å². The Morgan fingerprint density at radius 2 is 1.84 bits per heavy atom. The van der Waals surface area contributed by atoms with E-state index < -0.39 is 5.97 Å². The van der Waals surface area contributed by atoms with E-state index in [0.717, 1.165) is 48.9 Å². The lowest BCUT2D eigenvalue weighted by atomic mass is 9.78. The van der Waals surface area contributed by atoms with Crippen LogP contribution in [0, 0.1) is 0 Å². The standard InChI is InChI=1S/C25H36N4O2/c1-4-16-14-27-25(28-15-16)29-24-22(19-10-8-7-9-11-19)18(6-3)12-20(23(24)26)17(5-2)13-21(30)31/h12,14-15,17,19H,4-11,13,26H2,1-3H3,(H,30,31)(H,27,28,29). The Morgan fingerprint density at radius 3 is 2.39 bits per heavy atom. The average Bonchev–Trinajstić information content (AvgIpc) is 2.79. The molecule has 0 bridgehead atoms. The molecule has 1 saturated carbocycles. The lowest BCUT2D eigenvalue weighted by molar-refractivity contribution is -0.137. The molecule has 0 radical (unpaired) electrons. The number of hydrogen-bond donors (Lipinski definition) is 3. The summed E-state index contributed by atoms with van der Waals surface area (Å²) in [6.07, 6.45) is 12.3. The van der Waals surface area contributed by atoms with Gasteiger partial charge in [-0.1, -0.05) is 46.1 Å². The van der Waals surface area contributed by atoms with Gasteiger partial charge >= 0.3 is 5.97 Å². The number of aliphatic carboxylic acids is 1. The van der Waals surface area contributed by atoms with Crippen molar-refractivity contribution in [2.75, 3.05) is 11.1 Å². The fourth-order valence-electron chi connectivity index (χ4n) is 4.81. The van der Waals surface area contributed by atoms with Crippen LogP contribution in [0.4, 0.5) is 17.3 Å². The summed E-state index contributed by atoms with van der Waals surface area (Å²) >= 11 is 0. The molecule has 1 aromatic heterocycles. The summed E-state index contributed by atoms with van der Waals surface area (Å²) in [7, 11) is 0. The number of aromatic nitrogens is 2. The van der Waals surface area contributed by atoms with Crippen LogP contribution < -0.4 is 11.1 Å². The van der Waals surface area contributed by atoms with Gasteiger partial charge in [0.2, 0.25) is 5.95 Å². The van der Waals surface area contributed by atoms with E-state index >= 15 is 0 Å². The summed E-state index contributed by atoms with van der Waals surface area (Å²) in [6.45, 7) is 6.26. The second-order valence-electron chi connectivity index (χ2n) is 8.61.